The summed E-state index contributed by atoms with van der Waals surface area (Å²) in [5.74, 6) is -0.211. The molecule has 43 heavy (non-hydrogen) atoms. The van der Waals surface area contributed by atoms with Crippen molar-refractivity contribution in [3.63, 3.8) is 0 Å². The number of halogens is 1. The van der Waals surface area contributed by atoms with Gasteiger partial charge in [-0.2, -0.15) is 0 Å². The second kappa shape index (κ2) is 13.7. The van der Waals surface area contributed by atoms with Crippen molar-refractivity contribution in [2.24, 2.45) is 0 Å². The summed E-state index contributed by atoms with van der Waals surface area (Å²) < 4.78 is 39.1. The molecular weight excluding hydrogens is 590 g/mol. The molecule has 11 heteroatoms. The average Bonchev–Trinajstić information content (AvgIpc) is 2.97. The molecule has 0 unspecified atom stereocenters. The normalized spacial score (nSPS) is 13.6. The number of hydrogen-bond acceptors (Lipinski definition) is 6. The molecule has 4 rings (SSSR count). The van der Waals surface area contributed by atoms with Crippen LogP contribution >= 0.6 is 11.6 Å². The van der Waals surface area contributed by atoms with Crippen molar-refractivity contribution in [2.75, 3.05) is 29.8 Å². The van der Waals surface area contributed by atoms with Crippen LogP contribution in [-0.4, -0.2) is 62.2 Å². The fourth-order valence-corrected chi connectivity index (χ4v) is 5.88. The van der Waals surface area contributed by atoms with E-state index in [0.29, 0.717) is 29.7 Å². The Bertz CT molecular complexity index is 1520. The molecule has 1 aliphatic rings. The highest BCUT2D eigenvalue weighted by Gasteiger charge is 2.35. The molecular formula is C32H38ClN3O6S. The van der Waals surface area contributed by atoms with Gasteiger partial charge in [-0.25, -0.2) is 8.42 Å². The Morgan fingerprint density at radius 1 is 0.930 bits per heavy atom. The van der Waals surface area contributed by atoms with Crippen LogP contribution in [-0.2, 0) is 32.6 Å². The number of amides is 2. The maximum atomic E-state index is 14.3. The first-order chi connectivity index (χ1) is 20.4. The smallest absolute Gasteiger partial charge is 0.244 e. The van der Waals surface area contributed by atoms with Gasteiger partial charge in [-0.15, -0.1) is 0 Å². The summed E-state index contributed by atoms with van der Waals surface area (Å²) in [6.07, 6.45) is 0.229. The number of hydrogen-bond donors (Lipinski definition) is 1. The van der Waals surface area contributed by atoms with Crippen molar-refractivity contribution in [2.45, 2.75) is 52.2 Å². The lowest BCUT2D eigenvalue weighted by atomic mass is 10.0. The molecule has 0 aliphatic carbocycles. The Morgan fingerprint density at radius 3 is 2.21 bits per heavy atom. The molecule has 0 bridgehead atoms. The zero-order valence-corrected chi connectivity index (χ0v) is 26.5. The van der Waals surface area contributed by atoms with Crippen molar-refractivity contribution in [1.82, 2.24) is 10.2 Å². The van der Waals surface area contributed by atoms with Gasteiger partial charge in [0, 0.05) is 29.6 Å². The summed E-state index contributed by atoms with van der Waals surface area (Å²) in [4.78, 5) is 29.6. The van der Waals surface area contributed by atoms with Gasteiger partial charge in [0.15, 0.2) is 11.5 Å². The Balaban J connectivity index is 1.76. The molecule has 9 nitrogen and oxygen atoms in total. The fraction of sp³-hybridized carbons (Fsp3) is 0.375. The minimum Gasteiger partial charge on any atom is -0.486 e. The van der Waals surface area contributed by atoms with Crippen LogP contribution in [0.2, 0.25) is 5.02 Å². The number of nitrogens with one attached hydrogen (secondary N) is 1. The molecule has 0 radical (unpaired) electrons. The van der Waals surface area contributed by atoms with Gasteiger partial charge in [0.2, 0.25) is 21.8 Å². The van der Waals surface area contributed by atoms with E-state index in [1.165, 1.54) is 11.8 Å². The van der Waals surface area contributed by atoms with Gasteiger partial charge >= 0.3 is 0 Å². The first-order valence-electron chi connectivity index (χ1n) is 14.2. The third kappa shape index (κ3) is 8.64. The van der Waals surface area contributed by atoms with E-state index in [4.69, 9.17) is 21.1 Å². The van der Waals surface area contributed by atoms with E-state index < -0.39 is 34.1 Å². The summed E-state index contributed by atoms with van der Waals surface area (Å²) in [7, 11) is -3.91. The molecule has 0 saturated heterocycles. The van der Waals surface area contributed by atoms with Crippen LogP contribution in [0, 0.1) is 0 Å². The minimum atomic E-state index is -3.91. The van der Waals surface area contributed by atoms with Crippen LogP contribution in [0.4, 0.5) is 5.69 Å². The van der Waals surface area contributed by atoms with E-state index in [-0.39, 0.29) is 30.3 Å². The SMILES string of the molecule is CCS(=O)(=O)N(CC(=O)N(Cc1ccc(Cl)cc1)[C@H](Cc1ccccc1)C(=O)NC(C)(C)C)c1ccc2c(c1)OCCO2. The maximum absolute atomic E-state index is 14.3. The second-order valence-electron chi connectivity index (χ2n) is 11.3. The number of anilines is 1. The van der Waals surface area contributed by atoms with Crippen LogP contribution in [0.1, 0.15) is 38.8 Å². The molecule has 3 aromatic rings. The molecule has 230 valence electrons. The predicted octanol–water partition coefficient (Wildman–Crippen LogP) is 4.82. The number of carbonyl (C=O) groups is 2. The number of ether oxygens (including phenoxy) is 2. The lowest BCUT2D eigenvalue weighted by Gasteiger charge is -2.35. The summed E-state index contributed by atoms with van der Waals surface area (Å²) in [5, 5.41) is 3.55. The van der Waals surface area contributed by atoms with Gasteiger partial charge in [-0.05, 0) is 63.1 Å². The maximum Gasteiger partial charge on any atom is 0.244 e. The van der Waals surface area contributed by atoms with Crippen molar-refractivity contribution < 1.29 is 27.5 Å². The number of nitrogens with zero attached hydrogens (tertiary/aromatic N) is 2. The number of carbonyl (C=O) groups excluding carboxylic acids is 2. The summed E-state index contributed by atoms with van der Waals surface area (Å²) in [6, 6.07) is 20.3. The van der Waals surface area contributed by atoms with Gasteiger partial charge in [0.25, 0.3) is 0 Å². The molecule has 2 amide bonds. The van der Waals surface area contributed by atoms with E-state index in [1.54, 1.807) is 42.5 Å². The number of rotatable bonds is 11. The number of benzene rings is 3. The predicted molar refractivity (Wildman–Crippen MR) is 168 cm³/mol. The third-order valence-corrected chi connectivity index (χ3v) is 8.82. The van der Waals surface area contributed by atoms with Crippen molar-refractivity contribution in [3.8, 4) is 11.5 Å². The minimum absolute atomic E-state index is 0.0617. The molecule has 1 N–H and O–H groups in total. The van der Waals surface area contributed by atoms with Crippen LogP contribution in [0.3, 0.4) is 0 Å². The first kappa shape index (κ1) is 32.2. The molecule has 1 aliphatic heterocycles. The summed E-state index contributed by atoms with van der Waals surface area (Å²) in [5.41, 5.74) is 1.30. The van der Waals surface area contributed by atoms with Gasteiger partial charge < -0.3 is 19.7 Å². The van der Waals surface area contributed by atoms with Crippen LogP contribution in [0.25, 0.3) is 0 Å². The third-order valence-electron chi connectivity index (χ3n) is 6.83. The lowest BCUT2D eigenvalue weighted by Crippen LogP contribution is -2.56. The molecule has 1 heterocycles. The monoisotopic (exact) mass is 627 g/mol. The summed E-state index contributed by atoms with van der Waals surface area (Å²) in [6.45, 7) is 7.39. The molecule has 3 aromatic carbocycles. The zero-order chi connectivity index (χ0) is 31.2. The zero-order valence-electron chi connectivity index (χ0n) is 24.9. The van der Waals surface area contributed by atoms with E-state index in [0.717, 1.165) is 15.4 Å². The molecule has 0 fully saturated rings. The summed E-state index contributed by atoms with van der Waals surface area (Å²) >= 11 is 6.12. The molecule has 0 spiro atoms. The lowest BCUT2D eigenvalue weighted by molar-refractivity contribution is -0.140. The van der Waals surface area contributed by atoms with Crippen LogP contribution in [0.15, 0.2) is 72.8 Å². The largest absolute Gasteiger partial charge is 0.486 e. The van der Waals surface area contributed by atoms with Crippen LogP contribution < -0.4 is 19.1 Å². The standard InChI is InChI=1S/C32H38ClN3O6S/c1-5-43(39,40)36(26-15-16-28-29(20-26)42-18-17-41-28)22-30(37)35(21-24-11-13-25(33)14-12-24)27(31(38)34-32(2,3)4)19-23-9-7-6-8-10-23/h6-16,20,27H,5,17-19,21-22H2,1-4H3,(H,34,38)/t27-/m1/s1. The first-order valence-corrected chi connectivity index (χ1v) is 16.1. The molecule has 1 atom stereocenters. The molecule has 0 saturated carbocycles. The number of sulfonamides is 1. The van der Waals surface area contributed by atoms with E-state index in [9.17, 15) is 18.0 Å². The highest BCUT2D eigenvalue weighted by Crippen LogP contribution is 2.35. The van der Waals surface area contributed by atoms with Gasteiger partial charge in [0.1, 0.15) is 25.8 Å². The van der Waals surface area contributed by atoms with E-state index >= 15 is 0 Å². The second-order valence-corrected chi connectivity index (χ2v) is 13.9. The topological polar surface area (TPSA) is 105 Å². The van der Waals surface area contributed by atoms with E-state index in [1.807, 2.05) is 51.1 Å². The Hall–Kier alpha value is -3.76. The van der Waals surface area contributed by atoms with E-state index in [2.05, 4.69) is 5.32 Å². The highest BCUT2D eigenvalue weighted by molar-refractivity contribution is 7.92. The fourth-order valence-electron chi connectivity index (χ4n) is 4.70. The Morgan fingerprint density at radius 2 is 1.58 bits per heavy atom. The van der Waals surface area contributed by atoms with Gasteiger partial charge in [0.05, 0.1) is 11.4 Å². The quantitative estimate of drug-likeness (QED) is 0.327. The van der Waals surface area contributed by atoms with Gasteiger partial charge in [-0.3, -0.25) is 13.9 Å². The average molecular weight is 628 g/mol. The van der Waals surface area contributed by atoms with Crippen molar-refractivity contribution >= 4 is 39.1 Å². The van der Waals surface area contributed by atoms with Gasteiger partial charge in [-0.1, -0.05) is 54.1 Å². The van der Waals surface area contributed by atoms with Crippen molar-refractivity contribution in [1.29, 1.82) is 0 Å². The van der Waals surface area contributed by atoms with Crippen LogP contribution in [0.5, 0.6) is 11.5 Å². The molecule has 0 aromatic heterocycles. The number of fused-ring (bicyclic) bond motifs is 1. The highest BCUT2D eigenvalue weighted by atomic mass is 35.5. The van der Waals surface area contributed by atoms with Crippen molar-refractivity contribution in [3.05, 3.63) is 88.9 Å². The Labute approximate surface area is 258 Å². The Kier molecular flexibility index (Phi) is 10.2.